The standard InChI is InChI=1S/C26H23ClFNO2/c1-2-30-26-15-18(16-29-24-12-5-8-19-7-3-4-9-20(19)24)13-14-25(26)31-17-21-22(27)10-6-11-23(21)28/h3-15,29H,2,16-17H2,1H3. The number of nitrogens with one attached hydrogen (secondary N) is 1. The second-order valence-corrected chi connectivity index (χ2v) is 7.49. The first-order chi connectivity index (χ1) is 15.2. The van der Waals surface area contributed by atoms with Crippen LogP contribution in [0.4, 0.5) is 10.1 Å². The molecule has 0 saturated carbocycles. The molecule has 1 N–H and O–H groups in total. The van der Waals surface area contributed by atoms with Crippen LogP contribution in [0.2, 0.25) is 5.02 Å². The van der Waals surface area contributed by atoms with Gasteiger partial charge in [0.15, 0.2) is 11.5 Å². The van der Waals surface area contributed by atoms with Crippen LogP contribution in [0.1, 0.15) is 18.1 Å². The van der Waals surface area contributed by atoms with Gasteiger partial charge in [-0.3, -0.25) is 0 Å². The van der Waals surface area contributed by atoms with Crippen LogP contribution in [0.5, 0.6) is 11.5 Å². The SMILES string of the molecule is CCOc1cc(CNc2cccc3ccccc23)ccc1OCc1c(F)cccc1Cl. The third-order valence-electron chi connectivity index (χ3n) is 5.01. The molecule has 0 aliphatic rings. The minimum Gasteiger partial charge on any atom is -0.490 e. The van der Waals surface area contributed by atoms with E-state index in [1.54, 1.807) is 12.1 Å². The van der Waals surface area contributed by atoms with Gasteiger partial charge in [-0.15, -0.1) is 0 Å². The molecule has 4 aromatic rings. The number of anilines is 1. The van der Waals surface area contributed by atoms with Crippen LogP contribution in [0, 0.1) is 5.82 Å². The molecule has 31 heavy (non-hydrogen) atoms. The van der Waals surface area contributed by atoms with Crippen LogP contribution in [-0.4, -0.2) is 6.61 Å². The van der Waals surface area contributed by atoms with Crippen molar-refractivity contribution in [3.63, 3.8) is 0 Å². The van der Waals surface area contributed by atoms with Gasteiger partial charge in [0.05, 0.1) is 11.6 Å². The smallest absolute Gasteiger partial charge is 0.161 e. The lowest BCUT2D eigenvalue weighted by molar-refractivity contribution is 0.265. The summed E-state index contributed by atoms with van der Waals surface area (Å²) < 4.78 is 25.6. The van der Waals surface area contributed by atoms with Crippen molar-refractivity contribution >= 4 is 28.1 Å². The van der Waals surface area contributed by atoms with E-state index < -0.39 is 0 Å². The quantitative estimate of drug-likeness (QED) is 0.317. The molecule has 4 aromatic carbocycles. The van der Waals surface area contributed by atoms with Crippen molar-refractivity contribution in [3.05, 3.63) is 101 Å². The monoisotopic (exact) mass is 435 g/mol. The summed E-state index contributed by atoms with van der Waals surface area (Å²) >= 11 is 6.10. The van der Waals surface area contributed by atoms with E-state index in [1.807, 2.05) is 43.3 Å². The highest BCUT2D eigenvalue weighted by molar-refractivity contribution is 6.31. The van der Waals surface area contributed by atoms with Crippen LogP contribution >= 0.6 is 11.6 Å². The van der Waals surface area contributed by atoms with E-state index in [0.29, 0.717) is 35.2 Å². The molecule has 4 rings (SSSR count). The van der Waals surface area contributed by atoms with E-state index in [4.69, 9.17) is 21.1 Å². The van der Waals surface area contributed by atoms with Crippen molar-refractivity contribution in [2.45, 2.75) is 20.1 Å². The van der Waals surface area contributed by atoms with Gasteiger partial charge < -0.3 is 14.8 Å². The number of rotatable bonds is 8. The van der Waals surface area contributed by atoms with Gasteiger partial charge >= 0.3 is 0 Å². The van der Waals surface area contributed by atoms with Crippen LogP contribution < -0.4 is 14.8 Å². The first-order valence-electron chi connectivity index (χ1n) is 10.2. The van der Waals surface area contributed by atoms with E-state index >= 15 is 0 Å². The highest BCUT2D eigenvalue weighted by atomic mass is 35.5. The molecule has 0 aliphatic heterocycles. The van der Waals surface area contributed by atoms with Gasteiger partial charge in [-0.05, 0) is 48.2 Å². The molecule has 0 spiro atoms. The van der Waals surface area contributed by atoms with E-state index in [1.165, 1.54) is 16.8 Å². The Kier molecular flexibility index (Phi) is 6.58. The molecular weight excluding hydrogens is 413 g/mol. The number of ether oxygens (including phenoxy) is 2. The van der Waals surface area contributed by atoms with Crippen molar-refractivity contribution in [2.75, 3.05) is 11.9 Å². The zero-order valence-corrected chi connectivity index (χ0v) is 18.0. The molecule has 0 atom stereocenters. The molecule has 5 heteroatoms. The average Bonchev–Trinajstić information content (AvgIpc) is 2.78. The molecule has 158 valence electrons. The summed E-state index contributed by atoms with van der Waals surface area (Å²) in [5.41, 5.74) is 2.45. The van der Waals surface area contributed by atoms with Crippen molar-refractivity contribution in [2.24, 2.45) is 0 Å². The fraction of sp³-hybridized carbons (Fsp3) is 0.154. The fourth-order valence-electron chi connectivity index (χ4n) is 3.45. The predicted molar refractivity (Wildman–Crippen MR) is 125 cm³/mol. The molecule has 0 amide bonds. The molecule has 3 nitrogen and oxygen atoms in total. The summed E-state index contributed by atoms with van der Waals surface area (Å²) in [6.45, 7) is 3.07. The summed E-state index contributed by atoms with van der Waals surface area (Å²) in [4.78, 5) is 0. The first-order valence-corrected chi connectivity index (χ1v) is 10.6. The van der Waals surface area contributed by atoms with Gasteiger partial charge in [0.2, 0.25) is 0 Å². The molecule has 0 unspecified atom stereocenters. The highest BCUT2D eigenvalue weighted by Gasteiger charge is 2.11. The third kappa shape index (κ3) is 4.92. The van der Waals surface area contributed by atoms with E-state index in [9.17, 15) is 4.39 Å². The molecule has 0 aliphatic carbocycles. The molecule has 0 bridgehead atoms. The molecule has 0 aromatic heterocycles. The normalized spacial score (nSPS) is 10.8. The van der Waals surface area contributed by atoms with Gasteiger partial charge in [0.1, 0.15) is 12.4 Å². The van der Waals surface area contributed by atoms with Gasteiger partial charge in [0.25, 0.3) is 0 Å². The maximum absolute atomic E-state index is 14.0. The Hall–Kier alpha value is -3.24. The fourth-order valence-corrected chi connectivity index (χ4v) is 3.66. The zero-order valence-electron chi connectivity index (χ0n) is 17.2. The Morgan fingerprint density at radius 3 is 2.52 bits per heavy atom. The van der Waals surface area contributed by atoms with Crippen LogP contribution in [0.3, 0.4) is 0 Å². The topological polar surface area (TPSA) is 30.5 Å². The second kappa shape index (κ2) is 9.71. The van der Waals surface area contributed by atoms with Crippen LogP contribution in [0.15, 0.2) is 78.9 Å². The minimum absolute atomic E-state index is 0.0270. The number of halogens is 2. The lowest BCUT2D eigenvalue weighted by atomic mass is 10.1. The van der Waals surface area contributed by atoms with Crippen molar-refractivity contribution in [3.8, 4) is 11.5 Å². The highest BCUT2D eigenvalue weighted by Crippen LogP contribution is 2.31. The van der Waals surface area contributed by atoms with Gasteiger partial charge in [0, 0.05) is 23.2 Å². The van der Waals surface area contributed by atoms with E-state index in [0.717, 1.165) is 11.3 Å². The van der Waals surface area contributed by atoms with Crippen LogP contribution in [-0.2, 0) is 13.2 Å². The van der Waals surface area contributed by atoms with E-state index in [2.05, 4.69) is 29.6 Å². The minimum atomic E-state index is -0.388. The summed E-state index contributed by atoms with van der Waals surface area (Å²) in [6.07, 6.45) is 0. The largest absolute Gasteiger partial charge is 0.490 e. The lowest BCUT2D eigenvalue weighted by Gasteiger charge is -2.15. The molecule has 0 saturated heterocycles. The number of fused-ring (bicyclic) bond motifs is 1. The van der Waals surface area contributed by atoms with Gasteiger partial charge in [-0.1, -0.05) is 60.1 Å². The molecule has 0 radical (unpaired) electrons. The Bertz CT molecular complexity index is 1170. The Morgan fingerprint density at radius 1 is 0.871 bits per heavy atom. The third-order valence-corrected chi connectivity index (χ3v) is 5.37. The number of hydrogen-bond donors (Lipinski definition) is 1. The van der Waals surface area contributed by atoms with Gasteiger partial charge in [-0.2, -0.15) is 0 Å². The lowest BCUT2D eigenvalue weighted by Crippen LogP contribution is -2.04. The zero-order chi connectivity index (χ0) is 21.6. The second-order valence-electron chi connectivity index (χ2n) is 7.08. The summed E-state index contributed by atoms with van der Waals surface area (Å²) in [6, 6.07) is 24.8. The van der Waals surface area contributed by atoms with Crippen LogP contribution in [0.25, 0.3) is 10.8 Å². The Balaban J connectivity index is 1.50. The first kappa shape index (κ1) is 21.0. The summed E-state index contributed by atoms with van der Waals surface area (Å²) in [7, 11) is 0. The predicted octanol–water partition coefficient (Wildman–Crippen LogP) is 7.22. The maximum Gasteiger partial charge on any atom is 0.161 e. The van der Waals surface area contributed by atoms with Crippen molar-refractivity contribution in [1.82, 2.24) is 0 Å². The molecule has 0 heterocycles. The van der Waals surface area contributed by atoms with Crippen molar-refractivity contribution in [1.29, 1.82) is 0 Å². The molecule has 0 fully saturated rings. The average molecular weight is 436 g/mol. The summed E-state index contributed by atoms with van der Waals surface area (Å²) in [5, 5.41) is 6.21. The van der Waals surface area contributed by atoms with E-state index in [-0.39, 0.29) is 12.4 Å². The maximum atomic E-state index is 14.0. The Labute approximate surface area is 186 Å². The molecular formula is C26H23ClFNO2. The number of benzene rings is 4. The Morgan fingerprint density at radius 2 is 1.68 bits per heavy atom. The van der Waals surface area contributed by atoms with Gasteiger partial charge in [-0.25, -0.2) is 4.39 Å². The number of hydrogen-bond acceptors (Lipinski definition) is 3. The van der Waals surface area contributed by atoms with Crippen molar-refractivity contribution < 1.29 is 13.9 Å². The summed E-state index contributed by atoms with van der Waals surface area (Å²) in [5.74, 6) is 0.781.